The van der Waals surface area contributed by atoms with E-state index in [1.165, 1.54) is 0 Å². The molecule has 0 aromatic heterocycles. The van der Waals surface area contributed by atoms with Crippen molar-refractivity contribution in [3.05, 3.63) is 36.5 Å². The van der Waals surface area contributed by atoms with E-state index in [0.29, 0.717) is 32.1 Å². The summed E-state index contributed by atoms with van der Waals surface area (Å²) in [5.74, 6) is -1.05. The van der Waals surface area contributed by atoms with Crippen LogP contribution in [0.3, 0.4) is 0 Å². The maximum absolute atomic E-state index is 10.5. The summed E-state index contributed by atoms with van der Waals surface area (Å²) in [5.41, 5.74) is 0. The maximum atomic E-state index is 10.5. The number of rotatable bonds is 11. The van der Waals surface area contributed by atoms with Crippen molar-refractivity contribution in [1.29, 1.82) is 0 Å². The van der Waals surface area contributed by atoms with E-state index in [-0.39, 0.29) is 18.3 Å². The van der Waals surface area contributed by atoms with Crippen LogP contribution >= 0.6 is 0 Å². The second kappa shape index (κ2) is 12.0. The Bertz CT molecular complexity index is 469. The molecule has 4 N–H and O–H groups in total. The number of aliphatic hydroxyl groups excluding tert-OH is 3. The molecule has 0 aromatic rings. The van der Waals surface area contributed by atoms with Gasteiger partial charge in [-0.2, -0.15) is 0 Å². The highest BCUT2D eigenvalue weighted by molar-refractivity contribution is 5.66. The third kappa shape index (κ3) is 8.47. The lowest BCUT2D eigenvalue weighted by Crippen LogP contribution is -2.20. The van der Waals surface area contributed by atoms with E-state index >= 15 is 0 Å². The Labute approximate surface area is 150 Å². The highest BCUT2D eigenvalue weighted by Gasteiger charge is 2.39. The average molecular weight is 352 g/mol. The van der Waals surface area contributed by atoms with Crippen molar-refractivity contribution in [3.8, 4) is 0 Å². The van der Waals surface area contributed by atoms with E-state index in [1.54, 1.807) is 6.08 Å². The Morgan fingerprint density at radius 3 is 2.60 bits per heavy atom. The maximum Gasteiger partial charge on any atom is 0.303 e. The van der Waals surface area contributed by atoms with Crippen molar-refractivity contribution in [3.63, 3.8) is 0 Å². The number of carboxylic acids is 1. The Morgan fingerprint density at radius 1 is 1.16 bits per heavy atom. The first-order valence-corrected chi connectivity index (χ1v) is 9.20. The number of aliphatic carboxylic acids is 1. The van der Waals surface area contributed by atoms with Gasteiger partial charge in [0, 0.05) is 18.8 Å². The number of carboxylic acid groups (broad SMARTS) is 1. The van der Waals surface area contributed by atoms with Gasteiger partial charge in [0.15, 0.2) is 0 Å². The smallest absolute Gasteiger partial charge is 0.303 e. The van der Waals surface area contributed by atoms with Gasteiger partial charge >= 0.3 is 5.97 Å². The van der Waals surface area contributed by atoms with E-state index < -0.39 is 24.3 Å². The standard InChI is InChI=1S/C20H32O5/c1-2-3-6-9-15(21)12-13-17-16(18(22)14-19(17)23)10-7-4-5-8-11-20(24)25/h3-4,6-7,12-13,15-19,21-23H,2,5,8-11,14H2,1H3,(H,24,25)/b6-3+,7-4+,13-12?/t15-,16-,17+,18-,19+/m0/s1. The van der Waals surface area contributed by atoms with Crippen LogP contribution in [0.5, 0.6) is 0 Å². The van der Waals surface area contributed by atoms with Gasteiger partial charge in [-0.15, -0.1) is 0 Å². The van der Waals surface area contributed by atoms with Crippen LogP contribution in [0.4, 0.5) is 0 Å². The van der Waals surface area contributed by atoms with E-state index in [2.05, 4.69) is 0 Å². The first-order chi connectivity index (χ1) is 12.0. The van der Waals surface area contributed by atoms with Gasteiger partial charge in [0.05, 0.1) is 18.3 Å². The average Bonchev–Trinajstić information content (AvgIpc) is 2.82. The molecule has 0 unspecified atom stereocenters. The Hall–Kier alpha value is -1.43. The molecule has 1 saturated carbocycles. The molecule has 0 heterocycles. The van der Waals surface area contributed by atoms with Crippen LogP contribution in [0, 0.1) is 11.8 Å². The second-order valence-electron chi connectivity index (χ2n) is 6.67. The first kappa shape index (κ1) is 21.6. The topological polar surface area (TPSA) is 98.0 Å². The van der Waals surface area contributed by atoms with Crippen molar-refractivity contribution in [2.45, 2.75) is 70.2 Å². The second-order valence-corrected chi connectivity index (χ2v) is 6.67. The van der Waals surface area contributed by atoms with Crippen LogP contribution < -0.4 is 0 Å². The highest BCUT2D eigenvalue weighted by atomic mass is 16.4. The highest BCUT2D eigenvalue weighted by Crippen LogP contribution is 2.36. The van der Waals surface area contributed by atoms with Crippen molar-refractivity contribution in [2.75, 3.05) is 0 Å². The van der Waals surface area contributed by atoms with Gasteiger partial charge in [0.25, 0.3) is 0 Å². The van der Waals surface area contributed by atoms with Crippen LogP contribution in [0.15, 0.2) is 36.5 Å². The van der Waals surface area contributed by atoms with E-state index in [4.69, 9.17) is 5.11 Å². The quantitative estimate of drug-likeness (QED) is 0.339. The molecule has 0 aliphatic heterocycles. The predicted molar refractivity (Wildman–Crippen MR) is 98.0 cm³/mol. The summed E-state index contributed by atoms with van der Waals surface area (Å²) in [6, 6.07) is 0. The van der Waals surface area contributed by atoms with Gasteiger partial charge in [-0.3, -0.25) is 4.79 Å². The zero-order chi connectivity index (χ0) is 18.7. The van der Waals surface area contributed by atoms with E-state index in [1.807, 2.05) is 37.3 Å². The number of unbranched alkanes of at least 4 members (excludes halogenated alkanes) is 1. The fourth-order valence-electron chi connectivity index (χ4n) is 3.19. The molecule has 1 aliphatic rings. The van der Waals surface area contributed by atoms with Crippen molar-refractivity contribution in [1.82, 2.24) is 0 Å². The molecule has 142 valence electrons. The molecule has 1 aliphatic carbocycles. The Balaban J connectivity index is 2.50. The Morgan fingerprint density at radius 2 is 1.92 bits per heavy atom. The molecule has 5 atom stereocenters. The molecule has 25 heavy (non-hydrogen) atoms. The monoisotopic (exact) mass is 352 g/mol. The zero-order valence-electron chi connectivity index (χ0n) is 15.0. The molecular weight excluding hydrogens is 320 g/mol. The lowest BCUT2D eigenvalue weighted by molar-refractivity contribution is -0.137. The molecule has 0 bridgehead atoms. The largest absolute Gasteiger partial charge is 0.481 e. The molecule has 0 spiro atoms. The molecule has 5 heteroatoms. The normalized spacial score (nSPS) is 28.5. The number of aliphatic hydroxyl groups is 3. The van der Waals surface area contributed by atoms with Crippen LogP contribution in [0.25, 0.3) is 0 Å². The number of carbonyl (C=O) groups is 1. The summed E-state index contributed by atoms with van der Waals surface area (Å²) in [7, 11) is 0. The fraction of sp³-hybridized carbons (Fsp3) is 0.650. The number of hydrogen-bond donors (Lipinski definition) is 4. The summed E-state index contributed by atoms with van der Waals surface area (Å²) in [6.45, 7) is 2.04. The summed E-state index contributed by atoms with van der Waals surface area (Å²) in [5, 5.41) is 38.9. The van der Waals surface area contributed by atoms with E-state index in [0.717, 1.165) is 6.42 Å². The van der Waals surface area contributed by atoms with Crippen molar-refractivity contribution >= 4 is 5.97 Å². The first-order valence-electron chi connectivity index (χ1n) is 9.20. The molecular formula is C20H32O5. The van der Waals surface area contributed by atoms with Gasteiger partial charge in [0.2, 0.25) is 0 Å². The predicted octanol–water partition coefficient (Wildman–Crippen LogP) is 2.82. The summed E-state index contributed by atoms with van der Waals surface area (Å²) in [4.78, 5) is 10.5. The SMILES string of the molecule is CC/C=C/C[C@H](O)C=C[C@@H]1[C@H](C/C=C/CCCC(=O)O)[C@@H](O)C[C@H]1O. The lowest BCUT2D eigenvalue weighted by Gasteiger charge is -2.19. The third-order valence-corrected chi connectivity index (χ3v) is 4.59. The van der Waals surface area contributed by atoms with Crippen LogP contribution in [0.1, 0.15) is 51.9 Å². The number of hydrogen-bond acceptors (Lipinski definition) is 4. The summed E-state index contributed by atoms with van der Waals surface area (Å²) in [6.07, 6.45) is 13.5. The minimum Gasteiger partial charge on any atom is -0.481 e. The van der Waals surface area contributed by atoms with Gasteiger partial charge in [-0.1, -0.05) is 43.4 Å². The van der Waals surface area contributed by atoms with Gasteiger partial charge in [0.1, 0.15) is 0 Å². The lowest BCUT2D eigenvalue weighted by atomic mass is 9.89. The number of allylic oxidation sites excluding steroid dienone is 3. The van der Waals surface area contributed by atoms with E-state index in [9.17, 15) is 20.1 Å². The third-order valence-electron chi connectivity index (χ3n) is 4.59. The van der Waals surface area contributed by atoms with Gasteiger partial charge in [-0.05, 0) is 38.0 Å². The van der Waals surface area contributed by atoms with Gasteiger partial charge < -0.3 is 20.4 Å². The van der Waals surface area contributed by atoms with Crippen LogP contribution in [-0.2, 0) is 4.79 Å². The Kier molecular flexibility index (Phi) is 10.4. The minimum atomic E-state index is -0.791. The molecule has 0 aromatic carbocycles. The minimum absolute atomic E-state index is 0.0830. The van der Waals surface area contributed by atoms with Crippen molar-refractivity contribution < 1.29 is 25.2 Å². The molecule has 5 nitrogen and oxygen atoms in total. The van der Waals surface area contributed by atoms with Crippen molar-refractivity contribution in [2.24, 2.45) is 11.8 Å². The van der Waals surface area contributed by atoms with Crippen LogP contribution in [0.2, 0.25) is 0 Å². The fourth-order valence-corrected chi connectivity index (χ4v) is 3.19. The molecule has 1 fully saturated rings. The molecule has 0 radical (unpaired) electrons. The van der Waals surface area contributed by atoms with Gasteiger partial charge in [-0.25, -0.2) is 0 Å². The van der Waals surface area contributed by atoms with Crippen LogP contribution in [-0.4, -0.2) is 44.7 Å². The zero-order valence-corrected chi connectivity index (χ0v) is 15.0. The summed E-state index contributed by atoms with van der Waals surface area (Å²) >= 11 is 0. The molecule has 0 saturated heterocycles. The molecule has 0 amide bonds. The molecule has 1 rings (SSSR count). The summed E-state index contributed by atoms with van der Waals surface area (Å²) < 4.78 is 0.